The molecule has 0 amide bonds. The Balaban J connectivity index is 0.00000280. The van der Waals surface area contributed by atoms with Crippen LogP contribution in [0.25, 0.3) is 17.5 Å². The molecule has 28 heavy (non-hydrogen) atoms. The molecular weight excluding hydrogens is 370 g/mol. The van der Waals surface area contributed by atoms with Crippen molar-refractivity contribution in [3.8, 4) is 17.1 Å². The summed E-state index contributed by atoms with van der Waals surface area (Å²) < 4.78 is 5.52. The van der Waals surface area contributed by atoms with Gasteiger partial charge in [-0.2, -0.15) is 0 Å². The normalized spacial score (nSPS) is 14.4. The molecule has 4 nitrogen and oxygen atoms in total. The lowest BCUT2D eigenvalue weighted by Gasteiger charge is -2.01. The van der Waals surface area contributed by atoms with Gasteiger partial charge in [0, 0.05) is 18.0 Å². The first kappa shape index (κ1) is 22.1. The molecule has 0 saturated carbocycles. The van der Waals surface area contributed by atoms with Gasteiger partial charge in [0.05, 0.1) is 29.9 Å². The number of H-pyrrole nitrogens is 2. The monoisotopic (exact) mass is 401 g/mol. The first-order valence-corrected chi connectivity index (χ1v) is 10.2. The minimum Gasteiger partial charge on any atom is -0.494 e. The number of aliphatic imine (C=N–C) groups is 1. The molecule has 2 N–H and O–H groups in total. The molecule has 0 atom stereocenters. The molecule has 0 bridgehead atoms. The van der Waals surface area contributed by atoms with Gasteiger partial charge in [-0.25, -0.2) is 0 Å². The summed E-state index contributed by atoms with van der Waals surface area (Å²) in [6, 6.07) is 6.04. The fourth-order valence-electron chi connectivity index (χ4n) is 3.42. The van der Waals surface area contributed by atoms with Crippen molar-refractivity contribution in [2.45, 2.75) is 58.3 Å². The highest BCUT2D eigenvalue weighted by molar-refractivity contribution is 5.99. The van der Waals surface area contributed by atoms with E-state index in [1.54, 1.807) is 7.11 Å². The maximum atomic E-state index is 5.52. The van der Waals surface area contributed by atoms with Crippen molar-refractivity contribution in [2.75, 3.05) is 7.11 Å². The van der Waals surface area contributed by atoms with Crippen molar-refractivity contribution < 1.29 is 4.74 Å². The lowest BCUT2D eigenvalue weighted by molar-refractivity contribution is 0.414. The second-order valence-electron chi connectivity index (χ2n) is 7.13. The number of hydrogen-bond acceptors (Lipinski definition) is 2. The van der Waals surface area contributed by atoms with Gasteiger partial charge < -0.3 is 14.7 Å². The fraction of sp³-hybridized carbons (Fsp3) is 0.435. The van der Waals surface area contributed by atoms with Crippen molar-refractivity contribution in [2.24, 2.45) is 4.99 Å². The minimum atomic E-state index is 0. The Morgan fingerprint density at radius 3 is 2.54 bits per heavy atom. The number of nitrogens with one attached hydrogen (secondary N) is 2. The summed E-state index contributed by atoms with van der Waals surface area (Å²) in [5.74, 6) is 0.830. The Hall–Kier alpha value is -2.20. The van der Waals surface area contributed by atoms with Crippen molar-refractivity contribution >= 4 is 24.2 Å². The lowest BCUT2D eigenvalue weighted by Crippen LogP contribution is -1.90. The molecular formula is C23H32ClN3O. The van der Waals surface area contributed by atoms with Crippen LogP contribution < -0.4 is 4.74 Å². The number of rotatable bonds is 11. The molecule has 2 aromatic rings. The summed E-state index contributed by atoms with van der Waals surface area (Å²) in [4.78, 5) is 11.4. The predicted octanol–water partition coefficient (Wildman–Crippen LogP) is 6.93. The van der Waals surface area contributed by atoms with Crippen LogP contribution in [0.2, 0.25) is 0 Å². The molecule has 152 valence electrons. The summed E-state index contributed by atoms with van der Waals surface area (Å²) in [5.41, 5.74) is 5.17. The number of allylic oxidation sites excluding steroid dienone is 2. The van der Waals surface area contributed by atoms with Crippen molar-refractivity contribution in [1.82, 2.24) is 9.97 Å². The summed E-state index contributed by atoms with van der Waals surface area (Å²) >= 11 is 0. The Morgan fingerprint density at radius 2 is 1.82 bits per heavy atom. The molecule has 0 aromatic carbocycles. The molecule has 2 aromatic heterocycles. The van der Waals surface area contributed by atoms with E-state index in [-0.39, 0.29) is 12.4 Å². The van der Waals surface area contributed by atoms with Crippen LogP contribution in [-0.4, -0.2) is 22.8 Å². The molecule has 1 aliphatic rings. The molecule has 0 fully saturated rings. The summed E-state index contributed by atoms with van der Waals surface area (Å²) in [6.45, 7) is 2.26. The molecule has 0 aliphatic carbocycles. The summed E-state index contributed by atoms with van der Waals surface area (Å²) in [5, 5.41) is 0. The maximum absolute atomic E-state index is 5.52. The average molecular weight is 402 g/mol. The number of hydrogen-bond donors (Lipinski definition) is 2. The molecule has 0 spiro atoms. The van der Waals surface area contributed by atoms with Gasteiger partial charge in [-0.1, -0.05) is 45.4 Å². The summed E-state index contributed by atoms with van der Waals surface area (Å²) in [6.07, 6.45) is 18.6. The van der Waals surface area contributed by atoms with Gasteiger partial charge in [0.1, 0.15) is 5.75 Å². The Kier molecular flexibility index (Phi) is 9.15. The Labute approximate surface area is 174 Å². The fourth-order valence-corrected chi connectivity index (χ4v) is 3.42. The van der Waals surface area contributed by atoms with E-state index in [1.165, 1.54) is 50.7 Å². The highest BCUT2D eigenvalue weighted by Crippen LogP contribution is 2.29. The highest BCUT2D eigenvalue weighted by Gasteiger charge is 2.11. The molecule has 5 heteroatoms. The van der Waals surface area contributed by atoms with Crippen LogP contribution >= 0.6 is 12.4 Å². The highest BCUT2D eigenvalue weighted by atomic mass is 35.5. The van der Waals surface area contributed by atoms with Crippen molar-refractivity contribution in [1.29, 1.82) is 0 Å². The topological polar surface area (TPSA) is 53.2 Å². The van der Waals surface area contributed by atoms with E-state index < -0.39 is 0 Å². The Morgan fingerprint density at radius 1 is 1.04 bits per heavy atom. The van der Waals surface area contributed by atoms with E-state index in [4.69, 9.17) is 9.73 Å². The van der Waals surface area contributed by atoms with Gasteiger partial charge in [0.2, 0.25) is 0 Å². The minimum absolute atomic E-state index is 0. The van der Waals surface area contributed by atoms with Crippen LogP contribution in [0, 0.1) is 0 Å². The van der Waals surface area contributed by atoms with Gasteiger partial charge in [-0.15, -0.1) is 12.4 Å². The number of ether oxygens (including phenoxy) is 1. The van der Waals surface area contributed by atoms with Gasteiger partial charge in [-0.05, 0) is 43.2 Å². The lowest BCUT2D eigenvalue weighted by atomic mass is 10.1. The third-order valence-corrected chi connectivity index (χ3v) is 4.97. The number of aromatic nitrogens is 2. The van der Waals surface area contributed by atoms with E-state index in [9.17, 15) is 0 Å². The maximum Gasteiger partial charge on any atom is 0.144 e. The van der Waals surface area contributed by atoms with Crippen molar-refractivity contribution in [3.63, 3.8) is 0 Å². The van der Waals surface area contributed by atoms with Crippen molar-refractivity contribution in [3.05, 3.63) is 47.9 Å². The van der Waals surface area contributed by atoms with Crippen LogP contribution in [0.5, 0.6) is 5.75 Å². The van der Waals surface area contributed by atoms with Crippen LogP contribution in [0.4, 0.5) is 0 Å². The predicted molar refractivity (Wildman–Crippen MR) is 122 cm³/mol. The second-order valence-corrected chi connectivity index (χ2v) is 7.13. The van der Waals surface area contributed by atoms with E-state index in [0.29, 0.717) is 0 Å². The SMILES string of the molecule is CCCCCCCCCC1=NC(=Cc2[nH]c(-c3ccc[nH]3)cc2OC)C=C1.Cl. The quantitative estimate of drug-likeness (QED) is 0.394. The second kappa shape index (κ2) is 11.6. The first-order chi connectivity index (χ1) is 13.3. The zero-order chi connectivity index (χ0) is 18.9. The van der Waals surface area contributed by atoms with Gasteiger partial charge in [-0.3, -0.25) is 4.99 Å². The van der Waals surface area contributed by atoms with E-state index in [1.807, 2.05) is 24.4 Å². The van der Waals surface area contributed by atoms with E-state index in [2.05, 4.69) is 35.1 Å². The summed E-state index contributed by atoms with van der Waals surface area (Å²) in [7, 11) is 1.70. The third-order valence-electron chi connectivity index (χ3n) is 4.97. The smallest absolute Gasteiger partial charge is 0.144 e. The zero-order valence-corrected chi connectivity index (χ0v) is 17.8. The van der Waals surface area contributed by atoms with Crippen LogP contribution in [0.1, 0.15) is 64.0 Å². The van der Waals surface area contributed by atoms with Gasteiger partial charge in [0.15, 0.2) is 0 Å². The van der Waals surface area contributed by atoms with E-state index in [0.717, 1.165) is 34.9 Å². The molecule has 0 radical (unpaired) electrons. The van der Waals surface area contributed by atoms with Crippen LogP contribution in [-0.2, 0) is 0 Å². The molecule has 0 unspecified atom stereocenters. The average Bonchev–Trinajstić information content (AvgIpc) is 3.42. The third kappa shape index (κ3) is 6.16. The Bertz CT molecular complexity index is 800. The standard InChI is InChI=1S/C23H31N3O.ClH/c1-3-4-5-6-7-8-9-11-18-13-14-19(25-18)16-22-23(27-2)17-21(26-22)20-12-10-15-24-20;/h10,12-17,24,26H,3-9,11H2,1-2H3;1H. The van der Waals surface area contributed by atoms with Gasteiger partial charge in [0.25, 0.3) is 0 Å². The molecule has 3 heterocycles. The van der Waals surface area contributed by atoms with Crippen LogP contribution in [0.3, 0.4) is 0 Å². The number of methoxy groups -OCH3 is 1. The molecule has 3 rings (SSSR count). The first-order valence-electron chi connectivity index (χ1n) is 10.2. The zero-order valence-electron chi connectivity index (χ0n) is 17.0. The number of aromatic amines is 2. The molecule has 1 aliphatic heterocycles. The number of unbranched alkanes of at least 4 members (excludes halogenated alkanes) is 6. The number of nitrogens with zero attached hydrogens (tertiary/aromatic N) is 1. The molecule has 0 saturated heterocycles. The van der Waals surface area contributed by atoms with Gasteiger partial charge >= 0.3 is 0 Å². The largest absolute Gasteiger partial charge is 0.494 e. The van der Waals surface area contributed by atoms with Crippen LogP contribution in [0.15, 0.2) is 47.2 Å². The van der Waals surface area contributed by atoms with E-state index >= 15 is 0 Å². The number of halogens is 1.